The Morgan fingerprint density at radius 3 is 2.00 bits per heavy atom. The third-order valence-electron chi connectivity index (χ3n) is 3.41. The number of nitrogens with one attached hydrogen (secondary N) is 1. The molecule has 0 rings (SSSR count). The Kier molecular flexibility index (Phi) is 12.9. The first kappa shape index (κ1) is 20.5. The molecule has 0 aromatic rings. The molecule has 0 aliphatic rings. The van der Waals surface area contributed by atoms with Crippen LogP contribution in [0.3, 0.4) is 0 Å². The Bertz CT molecular complexity index is 355. The van der Waals surface area contributed by atoms with Crippen molar-refractivity contribution < 1.29 is 17.8 Å². The predicted octanol–water partition coefficient (Wildman–Crippen LogP) is 2.61. The topological polar surface area (TPSA) is 86.3 Å². The number of carbonyl (C=O) groups is 1. The lowest BCUT2D eigenvalue weighted by Gasteiger charge is -2.07. The summed E-state index contributed by atoms with van der Waals surface area (Å²) in [5.41, 5.74) is 0. The zero-order valence-corrected chi connectivity index (χ0v) is 14.1. The second kappa shape index (κ2) is 13.2. The predicted molar refractivity (Wildman–Crippen MR) is 84.3 cm³/mol. The number of ketones is 1. The maximum atomic E-state index is 11.5. The van der Waals surface area contributed by atoms with E-state index in [0.717, 1.165) is 12.8 Å². The summed E-state index contributed by atoms with van der Waals surface area (Å²) in [6.45, 7) is 2.42. The van der Waals surface area contributed by atoms with Crippen LogP contribution >= 0.6 is 0 Å². The largest absolute Gasteiger partial charge is 0.748 e. The molecule has 0 aliphatic carbocycles. The SMILES string of the molecule is CCCCCCCCCCCC(=O)CNCCS(=O)(=O)[O-]. The average Bonchev–Trinajstić information content (AvgIpc) is 2.41. The molecule has 0 unspecified atom stereocenters. The Hall–Kier alpha value is -0.460. The normalized spacial score (nSPS) is 11.7. The minimum absolute atomic E-state index is 0.0509. The summed E-state index contributed by atoms with van der Waals surface area (Å²) < 4.78 is 31.1. The van der Waals surface area contributed by atoms with Crippen LogP contribution in [0, 0.1) is 0 Å². The molecule has 0 aromatic carbocycles. The fourth-order valence-electron chi connectivity index (χ4n) is 2.15. The smallest absolute Gasteiger partial charge is 0.146 e. The molecule has 0 aliphatic heterocycles. The lowest BCUT2D eigenvalue weighted by Crippen LogP contribution is -2.28. The molecule has 0 atom stereocenters. The van der Waals surface area contributed by atoms with Gasteiger partial charge in [0.2, 0.25) is 0 Å². The number of hydrogen-bond donors (Lipinski definition) is 1. The molecular formula is C15H30NO4S-. The van der Waals surface area contributed by atoms with E-state index < -0.39 is 15.9 Å². The highest BCUT2D eigenvalue weighted by Crippen LogP contribution is 2.10. The zero-order chi connectivity index (χ0) is 16.0. The van der Waals surface area contributed by atoms with Gasteiger partial charge in [-0.05, 0) is 6.42 Å². The van der Waals surface area contributed by atoms with Crippen LogP contribution in [0.5, 0.6) is 0 Å². The Morgan fingerprint density at radius 2 is 1.48 bits per heavy atom. The fourth-order valence-corrected chi connectivity index (χ4v) is 2.54. The quantitative estimate of drug-likeness (QED) is 0.370. The Morgan fingerprint density at radius 1 is 0.952 bits per heavy atom. The van der Waals surface area contributed by atoms with Crippen LogP contribution in [0.4, 0.5) is 0 Å². The first-order valence-electron chi connectivity index (χ1n) is 8.11. The minimum Gasteiger partial charge on any atom is -0.748 e. The van der Waals surface area contributed by atoms with Gasteiger partial charge in [-0.25, -0.2) is 8.42 Å². The first-order valence-corrected chi connectivity index (χ1v) is 9.69. The van der Waals surface area contributed by atoms with E-state index in [9.17, 15) is 17.8 Å². The van der Waals surface area contributed by atoms with Gasteiger partial charge in [0.1, 0.15) is 5.78 Å². The van der Waals surface area contributed by atoms with E-state index >= 15 is 0 Å². The number of hydrogen-bond acceptors (Lipinski definition) is 5. The maximum Gasteiger partial charge on any atom is 0.146 e. The number of unbranched alkanes of at least 4 members (excludes halogenated alkanes) is 8. The van der Waals surface area contributed by atoms with Gasteiger partial charge in [0.15, 0.2) is 0 Å². The molecule has 1 N–H and O–H groups in total. The van der Waals surface area contributed by atoms with Gasteiger partial charge >= 0.3 is 0 Å². The van der Waals surface area contributed by atoms with Crippen LogP contribution in [-0.4, -0.2) is 37.6 Å². The van der Waals surface area contributed by atoms with Crippen molar-refractivity contribution in [1.82, 2.24) is 5.32 Å². The van der Waals surface area contributed by atoms with Crippen molar-refractivity contribution in [2.24, 2.45) is 0 Å². The van der Waals surface area contributed by atoms with E-state index in [1.54, 1.807) is 0 Å². The summed E-state index contributed by atoms with van der Waals surface area (Å²) in [7, 11) is -4.18. The van der Waals surface area contributed by atoms with Crippen LogP contribution in [-0.2, 0) is 14.9 Å². The summed E-state index contributed by atoms with van der Waals surface area (Å²) in [6.07, 6.45) is 11.5. The lowest BCUT2D eigenvalue weighted by atomic mass is 10.1. The van der Waals surface area contributed by atoms with Gasteiger partial charge in [0, 0.05) is 13.0 Å². The molecule has 126 valence electrons. The van der Waals surface area contributed by atoms with E-state index in [-0.39, 0.29) is 18.9 Å². The molecule has 0 amide bonds. The number of rotatable bonds is 15. The second-order valence-corrected chi connectivity index (χ2v) is 7.08. The van der Waals surface area contributed by atoms with Crippen molar-refractivity contribution in [3.05, 3.63) is 0 Å². The molecule has 0 spiro atoms. The lowest BCUT2D eigenvalue weighted by molar-refractivity contribution is -0.118. The highest BCUT2D eigenvalue weighted by Gasteiger charge is 2.02. The molecule has 0 saturated heterocycles. The second-order valence-electron chi connectivity index (χ2n) is 5.56. The Balaban J connectivity index is 3.27. The van der Waals surface area contributed by atoms with E-state index in [4.69, 9.17) is 0 Å². The summed E-state index contributed by atoms with van der Waals surface area (Å²) in [5.74, 6) is -0.376. The summed E-state index contributed by atoms with van der Waals surface area (Å²) >= 11 is 0. The van der Waals surface area contributed by atoms with Crippen LogP contribution in [0.15, 0.2) is 0 Å². The third-order valence-corrected chi connectivity index (χ3v) is 4.11. The van der Waals surface area contributed by atoms with Gasteiger partial charge in [-0.2, -0.15) is 0 Å². The fraction of sp³-hybridized carbons (Fsp3) is 0.933. The van der Waals surface area contributed by atoms with Crippen molar-refractivity contribution in [2.75, 3.05) is 18.8 Å². The van der Waals surface area contributed by atoms with E-state index in [1.165, 1.54) is 44.9 Å². The highest BCUT2D eigenvalue weighted by molar-refractivity contribution is 7.85. The standard InChI is InChI=1S/C15H31NO4S/c1-2-3-4-5-6-7-8-9-10-11-15(17)14-16-12-13-21(18,19)20/h16H,2-14H2,1H3,(H,18,19,20)/p-1. The third kappa shape index (κ3) is 17.5. The van der Waals surface area contributed by atoms with Gasteiger partial charge in [-0.3, -0.25) is 4.79 Å². The zero-order valence-electron chi connectivity index (χ0n) is 13.2. The molecule has 0 saturated carbocycles. The van der Waals surface area contributed by atoms with Gasteiger partial charge < -0.3 is 9.87 Å². The highest BCUT2D eigenvalue weighted by atomic mass is 32.2. The molecule has 0 radical (unpaired) electrons. The summed E-state index contributed by atoms with van der Waals surface area (Å²) in [4.78, 5) is 11.5. The van der Waals surface area contributed by atoms with E-state index in [1.807, 2.05) is 0 Å². The van der Waals surface area contributed by atoms with Crippen molar-refractivity contribution in [3.63, 3.8) is 0 Å². The molecule has 5 nitrogen and oxygen atoms in total. The summed E-state index contributed by atoms with van der Waals surface area (Å²) in [5, 5.41) is 2.69. The average molecular weight is 320 g/mol. The Labute approximate surface area is 129 Å². The molecule has 0 heterocycles. The first-order chi connectivity index (χ1) is 9.95. The molecule has 6 heteroatoms. The van der Waals surface area contributed by atoms with Crippen molar-refractivity contribution in [3.8, 4) is 0 Å². The van der Waals surface area contributed by atoms with Gasteiger partial charge in [0.05, 0.1) is 22.4 Å². The number of carbonyl (C=O) groups excluding carboxylic acids is 1. The van der Waals surface area contributed by atoms with Crippen LogP contribution in [0.1, 0.15) is 71.1 Å². The molecular weight excluding hydrogens is 290 g/mol. The van der Waals surface area contributed by atoms with Gasteiger partial charge in [-0.1, -0.05) is 58.3 Å². The monoisotopic (exact) mass is 320 g/mol. The van der Waals surface area contributed by atoms with Crippen molar-refractivity contribution >= 4 is 15.9 Å². The van der Waals surface area contributed by atoms with Crippen LogP contribution in [0.2, 0.25) is 0 Å². The van der Waals surface area contributed by atoms with Gasteiger partial charge in [0.25, 0.3) is 0 Å². The molecule has 0 bridgehead atoms. The van der Waals surface area contributed by atoms with E-state index in [0.29, 0.717) is 6.42 Å². The maximum absolute atomic E-state index is 11.5. The van der Waals surface area contributed by atoms with Crippen molar-refractivity contribution in [2.45, 2.75) is 71.1 Å². The molecule has 21 heavy (non-hydrogen) atoms. The van der Waals surface area contributed by atoms with Crippen LogP contribution in [0.25, 0.3) is 0 Å². The molecule has 0 fully saturated rings. The van der Waals surface area contributed by atoms with Gasteiger partial charge in [-0.15, -0.1) is 0 Å². The number of Topliss-reactive ketones (excluding diaryl/α,β-unsaturated/α-hetero) is 1. The van der Waals surface area contributed by atoms with E-state index in [2.05, 4.69) is 12.2 Å². The minimum atomic E-state index is -4.18. The summed E-state index contributed by atoms with van der Waals surface area (Å²) in [6, 6.07) is 0. The molecule has 0 aromatic heterocycles. The van der Waals surface area contributed by atoms with Crippen molar-refractivity contribution in [1.29, 1.82) is 0 Å². The van der Waals surface area contributed by atoms with Crippen LogP contribution < -0.4 is 5.32 Å².